The highest BCUT2D eigenvalue weighted by molar-refractivity contribution is 9.11. The molecule has 2 rings (SSSR count). The molecule has 1 aromatic rings. The van der Waals surface area contributed by atoms with Gasteiger partial charge in [-0.05, 0) is 35.9 Å². The summed E-state index contributed by atoms with van der Waals surface area (Å²) >= 11 is 5.12. The van der Waals surface area contributed by atoms with Crippen LogP contribution < -0.4 is 4.74 Å². The van der Waals surface area contributed by atoms with Crippen LogP contribution in [-0.4, -0.2) is 5.60 Å². The van der Waals surface area contributed by atoms with E-state index in [2.05, 4.69) is 47.3 Å². The number of fused-ring (bicyclic) bond motifs is 1. The molecule has 0 unspecified atom stereocenters. The molecule has 1 aromatic heterocycles. The fourth-order valence-electron chi connectivity index (χ4n) is 1.14. The third-order valence-corrected chi connectivity index (χ3v) is 3.44. The standard InChI is InChI=1S/C9H9BrOS/c1-9(2)4-3-6-5-12-8(10)7(6)11-9/h3-5H,1-2H3. The SMILES string of the molecule is CC1(C)C=Cc2csc(Br)c2O1. The van der Waals surface area contributed by atoms with E-state index in [9.17, 15) is 0 Å². The molecule has 0 spiro atoms. The smallest absolute Gasteiger partial charge is 0.152 e. The van der Waals surface area contributed by atoms with E-state index in [0.717, 1.165) is 9.54 Å². The van der Waals surface area contributed by atoms with Crippen molar-refractivity contribution in [3.8, 4) is 5.75 Å². The molecule has 1 nitrogen and oxygen atoms in total. The van der Waals surface area contributed by atoms with E-state index in [1.165, 1.54) is 5.56 Å². The number of rotatable bonds is 0. The Balaban J connectivity index is 2.49. The maximum absolute atomic E-state index is 5.77. The summed E-state index contributed by atoms with van der Waals surface area (Å²) in [6, 6.07) is 0. The van der Waals surface area contributed by atoms with Crippen molar-refractivity contribution in [1.29, 1.82) is 0 Å². The van der Waals surface area contributed by atoms with Crippen LogP contribution in [0.1, 0.15) is 19.4 Å². The lowest BCUT2D eigenvalue weighted by atomic mass is 10.1. The summed E-state index contributed by atoms with van der Waals surface area (Å²) in [6.07, 6.45) is 4.19. The van der Waals surface area contributed by atoms with Crippen LogP contribution >= 0.6 is 27.3 Å². The van der Waals surface area contributed by atoms with Gasteiger partial charge in [0, 0.05) is 10.9 Å². The van der Waals surface area contributed by atoms with E-state index >= 15 is 0 Å². The molecule has 0 atom stereocenters. The Morgan fingerprint density at radius 1 is 1.50 bits per heavy atom. The van der Waals surface area contributed by atoms with Crippen molar-refractivity contribution in [2.75, 3.05) is 0 Å². The number of thiophene rings is 1. The van der Waals surface area contributed by atoms with E-state index in [0.29, 0.717) is 0 Å². The van der Waals surface area contributed by atoms with Gasteiger partial charge in [0.1, 0.15) is 9.39 Å². The van der Waals surface area contributed by atoms with Gasteiger partial charge in [-0.15, -0.1) is 11.3 Å². The molecule has 12 heavy (non-hydrogen) atoms. The van der Waals surface area contributed by atoms with Crippen molar-refractivity contribution in [3.05, 3.63) is 20.8 Å². The minimum absolute atomic E-state index is 0.170. The minimum atomic E-state index is -0.170. The van der Waals surface area contributed by atoms with Gasteiger partial charge in [-0.25, -0.2) is 0 Å². The lowest BCUT2D eigenvalue weighted by Gasteiger charge is -2.26. The van der Waals surface area contributed by atoms with E-state index in [1.807, 2.05) is 0 Å². The molecule has 1 aliphatic heterocycles. The fraction of sp³-hybridized carbons (Fsp3) is 0.333. The maximum atomic E-state index is 5.77. The highest BCUT2D eigenvalue weighted by Crippen LogP contribution is 2.41. The Morgan fingerprint density at radius 2 is 2.25 bits per heavy atom. The number of ether oxygens (including phenoxy) is 1. The molecule has 2 heterocycles. The molecule has 0 N–H and O–H groups in total. The molecule has 0 bridgehead atoms. The average Bonchev–Trinajstić information content (AvgIpc) is 2.31. The van der Waals surface area contributed by atoms with Crippen molar-refractivity contribution in [2.24, 2.45) is 0 Å². The van der Waals surface area contributed by atoms with Crippen LogP contribution in [0.15, 0.2) is 15.2 Å². The van der Waals surface area contributed by atoms with Crippen molar-refractivity contribution >= 4 is 33.3 Å². The molecule has 1 aliphatic rings. The molecule has 0 radical (unpaired) electrons. The van der Waals surface area contributed by atoms with Gasteiger partial charge in [-0.2, -0.15) is 0 Å². The van der Waals surface area contributed by atoms with Crippen molar-refractivity contribution < 1.29 is 4.74 Å². The normalized spacial score (nSPS) is 18.6. The molecule has 0 fully saturated rings. The van der Waals surface area contributed by atoms with E-state index in [4.69, 9.17) is 4.74 Å². The Morgan fingerprint density at radius 3 is 3.00 bits per heavy atom. The first-order chi connectivity index (χ1) is 5.58. The van der Waals surface area contributed by atoms with Crippen molar-refractivity contribution in [3.63, 3.8) is 0 Å². The summed E-state index contributed by atoms with van der Waals surface area (Å²) in [5, 5.41) is 2.09. The van der Waals surface area contributed by atoms with Gasteiger partial charge in [0.25, 0.3) is 0 Å². The maximum Gasteiger partial charge on any atom is 0.152 e. The summed E-state index contributed by atoms with van der Waals surface area (Å²) in [5.74, 6) is 0.979. The second-order valence-electron chi connectivity index (χ2n) is 3.33. The number of hydrogen-bond donors (Lipinski definition) is 0. The van der Waals surface area contributed by atoms with Gasteiger partial charge in [0.2, 0.25) is 0 Å². The fourth-order valence-corrected chi connectivity index (χ4v) is 2.41. The lowest BCUT2D eigenvalue weighted by Crippen LogP contribution is -2.27. The monoisotopic (exact) mass is 244 g/mol. The van der Waals surface area contributed by atoms with Gasteiger partial charge in [-0.3, -0.25) is 0 Å². The molecule has 64 valence electrons. The third kappa shape index (κ3) is 1.31. The van der Waals surface area contributed by atoms with Crippen LogP contribution in [0.5, 0.6) is 5.75 Å². The summed E-state index contributed by atoms with van der Waals surface area (Å²) in [5.41, 5.74) is 1.00. The van der Waals surface area contributed by atoms with E-state index < -0.39 is 0 Å². The molecule has 0 saturated heterocycles. The molecule has 0 aromatic carbocycles. The van der Waals surface area contributed by atoms with E-state index in [1.54, 1.807) is 11.3 Å². The van der Waals surface area contributed by atoms with E-state index in [-0.39, 0.29) is 5.60 Å². The minimum Gasteiger partial charge on any atom is -0.481 e. The first kappa shape index (κ1) is 8.32. The van der Waals surface area contributed by atoms with Gasteiger partial charge in [0.15, 0.2) is 5.75 Å². The molecule has 0 aliphatic carbocycles. The second kappa shape index (κ2) is 2.60. The predicted molar refractivity (Wildman–Crippen MR) is 55.8 cm³/mol. The third-order valence-electron chi connectivity index (χ3n) is 1.76. The van der Waals surface area contributed by atoms with Gasteiger partial charge < -0.3 is 4.74 Å². The highest BCUT2D eigenvalue weighted by Gasteiger charge is 2.24. The number of halogens is 1. The summed E-state index contributed by atoms with van der Waals surface area (Å²) in [6.45, 7) is 4.10. The predicted octanol–water partition coefficient (Wildman–Crippen LogP) is 3.69. The zero-order valence-electron chi connectivity index (χ0n) is 6.93. The topological polar surface area (TPSA) is 9.23 Å². The first-order valence-electron chi connectivity index (χ1n) is 3.74. The van der Waals surface area contributed by atoms with Gasteiger partial charge in [0.05, 0.1) is 0 Å². The van der Waals surface area contributed by atoms with Crippen molar-refractivity contribution in [2.45, 2.75) is 19.4 Å². The molecule has 3 heteroatoms. The first-order valence-corrected chi connectivity index (χ1v) is 5.41. The zero-order chi connectivity index (χ0) is 8.77. The lowest BCUT2D eigenvalue weighted by molar-refractivity contribution is 0.159. The summed E-state index contributed by atoms with van der Waals surface area (Å²) in [7, 11) is 0. The Bertz CT molecular complexity index is 338. The largest absolute Gasteiger partial charge is 0.481 e. The highest BCUT2D eigenvalue weighted by atomic mass is 79.9. The van der Waals surface area contributed by atoms with Crippen molar-refractivity contribution in [1.82, 2.24) is 0 Å². The Hall–Kier alpha value is -0.280. The van der Waals surface area contributed by atoms with Crippen LogP contribution in [0.25, 0.3) is 6.08 Å². The quantitative estimate of drug-likeness (QED) is 0.677. The molecular formula is C9H9BrOS. The molecule has 0 amide bonds. The Kier molecular flexibility index (Phi) is 1.81. The average molecular weight is 245 g/mol. The van der Waals surface area contributed by atoms with Crippen LogP contribution in [-0.2, 0) is 0 Å². The van der Waals surface area contributed by atoms with Gasteiger partial charge >= 0.3 is 0 Å². The van der Waals surface area contributed by atoms with Crippen LogP contribution in [0.2, 0.25) is 0 Å². The van der Waals surface area contributed by atoms with Gasteiger partial charge in [-0.1, -0.05) is 6.08 Å². The number of hydrogen-bond acceptors (Lipinski definition) is 2. The van der Waals surface area contributed by atoms with Crippen LogP contribution in [0.3, 0.4) is 0 Å². The molecular weight excluding hydrogens is 236 g/mol. The van der Waals surface area contributed by atoms with Crippen LogP contribution in [0, 0.1) is 0 Å². The molecule has 0 saturated carbocycles. The summed E-state index contributed by atoms with van der Waals surface area (Å²) < 4.78 is 6.85. The summed E-state index contributed by atoms with van der Waals surface area (Å²) in [4.78, 5) is 0. The zero-order valence-corrected chi connectivity index (χ0v) is 9.33. The van der Waals surface area contributed by atoms with Crippen LogP contribution in [0.4, 0.5) is 0 Å². The Labute approximate surface area is 84.2 Å². The second-order valence-corrected chi connectivity index (χ2v) is 5.53.